The number of carboxylic acid groups (broad SMARTS) is 1. The number of anilines is 1. The molecular formula is C12H14N2O3. The van der Waals surface area contributed by atoms with Crippen LogP contribution >= 0.6 is 0 Å². The first-order valence-electron chi connectivity index (χ1n) is 5.82. The molecule has 0 aliphatic carbocycles. The first-order chi connectivity index (χ1) is 8.24. The molecule has 2 fully saturated rings. The van der Waals surface area contributed by atoms with E-state index in [0.717, 1.165) is 25.9 Å². The van der Waals surface area contributed by atoms with Gasteiger partial charge >= 0.3 is 5.97 Å². The molecule has 2 bridgehead atoms. The quantitative estimate of drug-likeness (QED) is 0.831. The number of fused-ring (bicyclic) bond motifs is 2. The van der Waals surface area contributed by atoms with Crippen LogP contribution in [-0.4, -0.2) is 41.4 Å². The van der Waals surface area contributed by atoms with Gasteiger partial charge in [0, 0.05) is 19.3 Å². The van der Waals surface area contributed by atoms with E-state index in [4.69, 9.17) is 9.84 Å². The van der Waals surface area contributed by atoms with E-state index in [-0.39, 0.29) is 12.2 Å². The molecule has 2 atom stereocenters. The van der Waals surface area contributed by atoms with Crippen molar-refractivity contribution in [2.75, 3.05) is 18.0 Å². The number of carboxylic acids is 1. The van der Waals surface area contributed by atoms with Crippen LogP contribution in [0.15, 0.2) is 18.5 Å². The molecule has 1 N–H and O–H groups in total. The van der Waals surface area contributed by atoms with Gasteiger partial charge in [0.15, 0.2) is 0 Å². The molecule has 0 spiro atoms. The molecule has 2 aliphatic heterocycles. The minimum Gasteiger partial charge on any atom is -0.478 e. The Kier molecular flexibility index (Phi) is 2.48. The summed E-state index contributed by atoms with van der Waals surface area (Å²) < 4.78 is 5.74. The molecule has 0 saturated carbocycles. The third-order valence-electron chi connectivity index (χ3n) is 3.41. The lowest BCUT2D eigenvalue weighted by atomic mass is 10.2. The standard InChI is InChI=1S/C12H14N2O3/c15-12(16)10-3-4-13-5-11(10)14-6-8-1-2-9(7-14)17-8/h3-5,8-9H,1-2,6-7H2,(H,15,16). The van der Waals surface area contributed by atoms with Crippen molar-refractivity contribution >= 4 is 11.7 Å². The lowest BCUT2D eigenvalue weighted by Crippen LogP contribution is -2.43. The highest BCUT2D eigenvalue weighted by molar-refractivity contribution is 5.94. The summed E-state index contributed by atoms with van der Waals surface area (Å²) in [7, 11) is 0. The molecule has 5 nitrogen and oxygen atoms in total. The number of rotatable bonds is 2. The van der Waals surface area contributed by atoms with Gasteiger partial charge in [0.05, 0.1) is 29.7 Å². The van der Waals surface area contributed by atoms with E-state index in [9.17, 15) is 4.79 Å². The molecule has 0 aromatic carbocycles. The Bertz CT molecular complexity index is 437. The van der Waals surface area contributed by atoms with Gasteiger partial charge in [-0.05, 0) is 18.9 Å². The maximum Gasteiger partial charge on any atom is 0.337 e. The third-order valence-corrected chi connectivity index (χ3v) is 3.41. The molecule has 3 rings (SSSR count). The van der Waals surface area contributed by atoms with Gasteiger partial charge in [0.1, 0.15) is 0 Å². The van der Waals surface area contributed by atoms with Crippen LogP contribution in [-0.2, 0) is 4.74 Å². The van der Waals surface area contributed by atoms with Crippen molar-refractivity contribution in [3.05, 3.63) is 24.0 Å². The average molecular weight is 234 g/mol. The Morgan fingerprint density at radius 2 is 2.12 bits per heavy atom. The Morgan fingerprint density at radius 1 is 1.41 bits per heavy atom. The van der Waals surface area contributed by atoms with E-state index in [1.54, 1.807) is 12.3 Å². The maximum absolute atomic E-state index is 11.2. The fourth-order valence-electron chi connectivity index (χ4n) is 2.63. The van der Waals surface area contributed by atoms with Crippen molar-refractivity contribution in [2.24, 2.45) is 0 Å². The summed E-state index contributed by atoms with van der Waals surface area (Å²) in [5.74, 6) is -0.902. The number of morpholine rings is 1. The van der Waals surface area contributed by atoms with Gasteiger partial charge in [0.25, 0.3) is 0 Å². The predicted molar refractivity (Wildman–Crippen MR) is 61.3 cm³/mol. The molecule has 0 amide bonds. The van der Waals surface area contributed by atoms with Crippen LogP contribution in [0.25, 0.3) is 0 Å². The molecule has 2 saturated heterocycles. The van der Waals surface area contributed by atoms with Gasteiger partial charge in [-0.2, -0.15) is 0 Å². The number of carbonyl (C=O) groups is 1. The van der Waals surface area contributed by atoms with Crippen molar-refractivity contribution in [1.82, 2.24) is 4.98 Å². The fraction of sp³-hybridized carbons (Fsp3) is 0.500. The largest absolute Gasteiger partial charge is 0.478 e. The normalized spacial score (nSPS) is 27.2. The second kappa shape index (κ2) is 4.00. The molecule has 5 heteroatoms. The van der Waals surface area contributed by atoms with Crippen LogP contribution in [0.3, 0.4) is 0 Å². The van der Waals surface area contributed by atoms with E-state index >= 15 is 0 Å². The number of hydrogen-bond donors (Lipinski definition) is 1. The molecule has 2 aliphatic rings. The second-order valence-electron chi connectivity index (χ2n) is 4.56. The lowest BCUT2D eigenvalue weighted by molar-refractivity contribution is 0.0303. The van der Waals surface area contributed by atoms with Crippen molar-refractivity contribution in [3.8, 4) is 0 Å². The van der Waals surface area contributed by atoms with E-state index in [1.165, 1.54) is 6.20 Å². The Labute approximate surface area is 99.0 Å². The summed E-state index contributed by atoms with van der Waals surface area (Å²) in [4.78, 5) is 17.3. The number of hydrogen-bond acceptors (Lipinski definition) is 4. The zero-order valence-corrected chi connectivity index (χ0v) is 9.37. The Balaban J connectivity index is 1.91. The van der Waals surface area contributed by atoms with Crippen LogP contribution < -0.4 is 4.90 Å². The highest BCUT2D eigenvalue weighted by Crippen LogP contribution is 2.30. The van der Waals surface area contributed by atoms with Crippen molar-refractivity contribution in [2.45, 2.75) is 25.0 Å². The number of aromatic nitrogens is 1. The highest BCUT2D eigenvalue weighted by atomic mass is 16.5. The molecule has 90 valence electrons. The molecule has 1 aromatic heterocycles. The van der Waals surface area contributed by atoms with Crippen LogP contribution in [0.2, 0.25) is 0 Å². The first kappa shape index (κ1) is 10.5. The molecular weight excluding hydrogens is 220 g/mol. The Morgan fingerprint density at radius 3 is 2.76 bits per heavy atom. The summed E-state index contributed by atoms with van der Waals surface area (Å²) in [6.45, 7) is 1.53. The van der Waals surface area contributed by atoms with Crippen LogP contribution in [0, 0.1) is 0 Å². The average Bonchev–Trinajstić information content (AvgIpc) is 2.68. The number of pyridine rings is 1. The zero-order chi connectivity index (χ0) is 11.8. The van der Waals surface area contributed by atoms with Crippen LogP contribution in [0.5, 0.6) is 0 Å². The molecule has 3 heterocycles. The van der Waals surface area contributed by atoms with Gasteiger partial charge in [0.2, 0.25) is 0 Å². The summed E-state index contributed by atoms with van der Waals surface area (Å²) in [5.41, 5.74) is 1.03. The van der Waals surface area contributed by atoms with Crippen molar-refractivity contribution in [3.63, 3.8) is 0 Å². The van der Waals surface area contributed by atoms with Gasteiger partial charge in [-0.3, -0.25) is 4.98 Å². The first-order valence-corrected chi connectivity index (χ1v) is 5.82. The van der Waals surface area contributed by atoms with Crippen molar-refractivity contribution < 1.29 is 14.6 Å². The summed E-state index contributed by atoms with van der Waals surface area (Å²) in [6.07, 6.45) is 5.79. The molecule has 2 unspecified atom stereocenters. The predicted octanol–water partition coefficient (Wildman–Crippen LogP) is 1.15. The Hall–Kier alpha value is -1.62. The van der Waals surface area contributed by atoms with E-state index in [1.807, 2.05) is 0 Å². The monoisotopic (exact) mass is 234 g/mol. The van der Waals surface area contributed by atoms with Gasteiger partial charge < -0.3 is 14.7 Å². The summed E-state index contributed by atoms with van der Waals surface area (Å²) in [5, 5.41) is 9.16. The fourth-order valence-corrected chi connectivity index (χ4v) is 2.63. The lowest BCUT2D eigenvalue weighted by Gasteiger charge is -2.34. The SMILES string of the molecule is O=C(O)c1ccncc1N1CC2CCC(C1)O2. The smallest absolute Gasteiger partial charge is 0.337 e. The van der Waals surface area contributed by atoms with Gasteiger partial charge in [-0.25, -0.2) is 4.79 Å². The minimum absolute atomic E-state index is 0.246. The number of aromatic carboxylic acids is 1. The summed E-state index contributed by atoms with van der Waals surface area (Å²) in [6, 6.07) is 1.55. The van der Waals surface area contributed by atoms with E-state index in [0.29, 0.717) is 11.3 Å². The van der Waals surface area contributed by atoms with Gasteiger partial charge in [-0.1, -0.05) is 0 Å². The zero-order valence-electron chi connectivity index (χ0n) is 9.37. The molecule has 1 aromatic rings. The second-order valence-corrected chi connectivity index (χ2v) is 4.56. The minimum atomic E-state index is -0.902. The van der Waals surface area contributed by atoms with Crippen LogP contribution in [0.4, 0.5) is 5.69 Å². The number of ether oxygens (including phenoxy) is 1. The topological polar surface area (TPSA) is 62.7 Å². The third kappa shape index (κ3) is 1.86. The maximum atomic E-state index is 11.2. The summed E-state index contributed by atoms with van der Waals surface area (Å²) >= 11 is 0. The van der Waals surface area contributed by atoms with E-state index < -0.39 is 5.97 Å². The highest BCUT2D eigenvalue weighted by Gasteiger charge is 2.34. The molecule has 0 radical (unpaired) electrons. The number of nitrogens with zero attached hydrogens (tertiary/aromatic N) is 2. The van der Waals surface area contributed by atoms with E-state index in [2.05, 4.69) is 9.88 Å². The van der Waals surface area contributed by atoms with Crippen LogP contribution in [0.1, 0.15) is 23.2 Å². The molecule has 17 heavy (non-hydrogen) atoms. The van der Waals surface area contributed by atoms with Crippen molar-refractivity contribution in [1.29, 1.82) is 0 Å². The van der Waals surface area contributed by atoms with Gasteiger partial charge in [-0.15, -0.1) is 0 Å².